The van der Waals surface area contributed by atoms with Crippen LogP contribution in [0.3, 0.4) is 0 Å². The summed E-state index contributed by atoms with van der Waals surface area (Å²) in [5.41, 5.74) is 1.97. The number of anilines is 1. The molecule has 0 atom stereocenters. The van der Waals surface area contributed by atoms with Gasteiger partial charge in [0.25, 0.3) is 0 Å². The van der Waals surface area contributed by atoms with E-state index in [4.69, 9.17) is 0 Å². The molecule has 4 heteroatoms. The van der Waals surface area contributed by atoms with Crippen molar-refractivity contribution in [3.63, 3.8) is 0 Å². The zero-order valence-corrected chi connectivity index (χ0v) is 9.96. The number of rotatable bonds is 5. The van der Waals surface area contributed by atoms with Crippen LogP contribution < -0.4 is 10.6 Å². The molecule has 1 rings (SSSR count). The van der Waals surface area contributed by atoms with Crippen molar-refractivity contribution < 1.29 is 0 Å². The first-order chi connectivity index (χ1) is 7.09. The number of aromatic nitrogens is 2. The normalized spacial score (nSPS) is 10.7. The molecule has 1 heterocycles. The second-order valence-electron chi connectivity index (χ2n) is 3.96. The van der Waals surface area contributed by atoms with E-state index >= 15 is 0 Å². The number of aryl methyl sites for hydroxylation is 2. The van der Waals surface area contributed by atoms with Gasteiger partial charge in [-0.25, -0.2) is 4.98 Å². The van der Waals surface area contributed by atoms with E-state index in [9.17, 15) is 0 Å². The Hall–Kier alpha value is -1.16. The van der Waals surface area contributed by atoms with Crippen molar-refractivity contribution in [2.75, 3.05) is 18.4 Å². The average Bonchev–Trinajstić information content (AvgIpc) is 2.18. The topological polar surface area (TPSA) is 49.8 Å². The van der Waals surface area contributed by atoms with Crippen LogP contribution in [0.5, 0.6) is 0 Å². The van der Waals surface area contributed by atoms with Crippen LogP contribution >= 0.6 is 0 Å². The van der Waals surface area contributed by atoms with Crippen LogP contribution in [0.2, 0.25) is 0 Å². The Morgan fingerprint density at radius 1 is 1.20 bits per heavy atom. The van der Waals surface area contributed by atoms with E-state index < -0.39 is 0 Å². The quantitative estimate of drug-likeness (QED) is 0.720. The van der Waals surface area contributed by atoms with E-state index in [0.717, 1.165) is 30.3 Å². The van der Waals surface area contributed by atoms with Crippen molar-refractivity contribution in [1.29, 1.82) is 0 Å². The minimum absolute atomic E-state index is 0.526. The second-order valence-corrected chi connectivity index (χ2v) is 3.96. The standard InChI is InChI=1S/C11H20N4/c1-8(2)12-5-6-13-11-7-14-9(3)10(4)15-11/h7-8,12H,5-6H2,1-4H3,(H,13,15). The summed E-state index contributed by atoms with van der Waals surface area (Å²) < 4.78 is 0. The molecular formula is C11H20N4. The molecular weight excluding hydrogens is 188 g/mol. The molecule has 0 aliphatic carbocycles. The van der Waals surface area contributed by atoms with Crippen molar-refractivity contribution in [2.45, 2.75) is 33.7 Å². The molecule has 15 heavy (non-hydrogen) atoms. The highest BCUT2D eigenvalue weighted by Gasteiger charge is 1.98. The second kappa shape index (κ2) is 5.66. The largest absolute Gasteiger partial charge is 0.368 e. The van der Waals surface area contributed by atoms with Crippen LogP contribution in [0.15, 0.2) is 6.20 Å². The van der Waals surface area contributed by atoms with E-state index in [2.05, 4.69) is 34.4 Å². The van der Waals surface area contributed by atoms with E-state index in [-0.39, 0.29) is 0 Å². The van der Waals surface area contributed by atoms with Crippen molar-refractivity contribution in [2.24, 2.45) is 0 Å². The predicted octanol–water partition coefficient (Wildman–Crippen LogP) is 1.50. The van der Waals surface area contributed by atoms with Gasteiger partial charge in [-0.1, -0.05) is 13.8 Å². The van der Waals surface area contributed by atoms with Gasteiger partial charge in [-0.15, -0.1) is 0 Å². The first-order valence-corrected chi connectivity index (χ1v) is 5.37. The fraction of sp³-hybridized carbons (Fsp3) is 0.636. The number of hydrogen-bond donors (Lipinski definition) is 2. The summed E-state index contributed by atoms with van der Waals surface area (Å²) in [6, 6.07) is 0.526. The summed E-state index contributed by atoms with van der Waals surface area (Å²) in [5.74, 6) is 0.851. The maximum atomic E-state index is 4.39. The summed E-state index contributed by atoms with van der Waals surface area (Å²) in [5, 5.41) is 6.56. The molecule has 0 aliphatic rings. The van der Waals surface area contributed by atoms with Crippen molar-refractivity contribution in [3.05, 3.63) is 17.6 Å². The van der Waals surface area contributed by atoms with Gasteiger partial charge in [-0.05, 0) is 13.8 Å². The fourth-order valence-electron chi connectivity index (χ4n) is 1.18. The first-order valence-electron chi connectivity index (χ1n) is 5.37. The SMILES string of the molecule is Cc1ncc(NCCNC(C)C)nc1C. The molecule has 84 valence electrons. The Bertz CT molecular complexity index is 309. The number of nitrogens with one attached hydrogen (secondary N) is 2. The molecule has 4 nitrogen and oxygen atoms in total. The lowest BCUT2D eigenvalue weighted by atomic mass is 10.3. The zero-order valence-electron chi connectivity index (χ0n) is 9.96. The molecule has 0 aliphatic heterocycles. The maximum Gasteiger partial charge on any atom is 0.144 e. The first kappa shape index (κ1) is 11.9. The molecule has 1 aromatic rings. The average molecular weight is 208 g/mol. The summed E-state index contributed by atoms with van der Waals surface area (Å²) in [6.45, 7) is 10.0. The smallest absolute Gasteiger partial charge is 0.144 e. The third-order valence-corrected chi connectivity index (χ3v) is 2.18. The number of hydrogen-bond acceptors (Lipinski definition) is 4. The summed E-state index contributed by atoms with van der Waals surface area (Å²) in [7, 11) is 0. The van der Waals surface area contributed by atoms with Crippen molar-refractivity contribution in [3.8, 4) is 0 Å². The van der Waals surface area contributed by atoms with E-state index in [1.165, 1.54) is 0 Å². The third kappa shape index (κ3) is 4.25. The molecule has 0 aromatic carbocycles. The Kier molecular flexibility index (Phi) is 4.49. The van der Waals surface area contributed by atoms with Crippen LogP contribution in [0.1, 0.15) is 25.2 Å². The summed E-state index contributed by atoms with van der Waals surface area (Å²) in [6.07, 6.45) is 1.78. The highest BCUT2D eigenvalue weighted by atomic mass is 15.0. The molecule has 0 bridgehead atoms. The molecule has 0 spiro atoms. The fourth-order valence-corrected chi connectivity index (χ4v) is 1.18. The van der Waals surface area contributed by atoms with Crippen molar-refractivity contribution in [1.82, 2.24) is 15.3 Å². The monoisotopic (exact) mass is 208 g/mol. The highest BCUT2D eigenvalue weighted by molar-refractivity contribution is 5.33. The molecule has 0 radical (unpaired) electrons. The molecule has 0 saturated heterocycles. The van der Waals surface area contributed by atoms with Gasteiger partial charge in [0.05, 0.1) is 17.6 Å². The lowest BCUT2D eigenvalue weighted by Crippen LogP contribution is -2.28. The van der Waals surface area contributed by atoms with Gasteiger partial charge >= 0.3 is 0 Å². The van der Waals surface area contributed by atoms with Gasteiger partial charge in [-0.3, -0.25) is 4.98 Å². The summed E-state index contributed by atoms with van der Waals surface area (Å²) in [4.78, 5) is 8.64. The number of nitrogens with zero attached hydrogens (tertiary/aromatic N) is 2. The summed E-state index contributed by atoms with van der Waals surface area (Å²) >= 11 is 0. The molecule has 0 amide bonds. The Labute approximate surface area is 91.5 Å². The van der Waals surface area contributed by atoms with Gasteiger partial charge in [-0.2, -0.15) is 0 Å². The maximum absolute atomic E-state index is 4.39. The minimum atomic E-state index is 0.526. The molecule has 2 N–H and O–H groups in total. The van der Waals surface area contributed by atoms with Crippen molar-refractivity contribution >= 4 is 5.82 Å². The molecule has 0 unspecified atom stereocenters. The zero-order chi connectivity index (χ0) is 11.3. The lowest BCUT2D eigenvalue weighted by molar-refractivity contribution is 0.602. The molecule has 0 fully saturated rings. The van der Waals surface area contributed by atoms with Gasteiger partial charge in [0.1, 0.15) is 5.82 Å². The highest BCUT2D eigenvalue weighted by Crippen LogP contribution is 2.04. The lowest BCUT2D eigenvalue weighted by Gasteiger charge is -2.09. The third-order valence-electron chi connectivity index (χ3n) is 2.18. The van der Waals surface area contributed by atoms with Gasteiger partial charge in [0.2, 0.25) is 0 Å². The van der Waals surface area contributed by atoms with Crippen LogP contribution in [0.4, 0.5) is 5.82 Å². The Morgan fingerprint density at radius 2 is 1.93 bits per heavy atom. The Morgan fingerprint density at radius 3 is 2.53 bits per heavy atom. The van der Waals surface area contributed by atoms with Crippen LogP contribution in [-0.2, 0) is 0 Å². The van der Waals surface area contributed by atoms with Gasteiger partial charge in [0.15, 0.2) is 0 Å². The minimum Gasteiger partial charge on any atom is -0.368 e. The molecule has 1 aromatic heterocycles. The van der Waals surface area contributed by atoms with E-state index in [1.807, 2.05) is 13.8 Å². The van der Waals surface area contributed by atoms with Crippen LogP contribution in [-0.4, -0.2) is 29.1 Å². The van der Waals surface area contributed by atoms with Crippen LogP contribution in [0, 0.1) is 13.8 Å². The Balaban J connectivity index is 2.35. The van der Waals surface area contributed by atoms with E-state index in [0.29, 0.717) is 6.04 Å². The van der Waals surface area contributed by atoms with E-state index in [1.54, 1.807) is 6.20 Å². The molecule has 0 saturated carbocycles. The predicted molar refractivity (Wildman–Crippen MR) is 63.1 cm³/mol. The van der Waals surface area contributed by atoms with Crippen LogP contribution in [0.25, 0.3) is 0 Å². The van der Waals surface area contributed by atoms with Gasteiger partial charge in [0, 0.05) is 19.1 Å². The van der Waals surface area contributed by atoms with Gasteiger partial charge < -0.3 is 10.6 Å².